The third-order valence-electron chi connectivity index (χ3n) is 4.63. The van der Waals surface area contributed by atoms with Crippen LogP contribution < -0.4 is 5.32 Å². The molecule has 0 aromatic heterocycles. The molecule has 0 radical (unpaired) electrons. The number of carbonyl (C=O) groups is 3. The minimum absolute atomic E-state index is 0.0263. The van der Waals surface area contributed by atoms with E-state index in [9.17, 15) is 14.4 Å². The van der Waals surface area contributed by atoms with E-state index in [1.807, 2.05) is 18.2 Å². The quantitative estimate of drug-likeness (QED) is 0.803. The van der Waals surface area contributed by atoms with Crippen LogP contribution in [0.4, 0.5) is 0 Å². The van der Waals surface area contributed by atoms with Crippen LogP contribution in [-0.2, 0) is 20.9 Å². The molecule has 2 atom stereocenters. The Hall–Kier alpha value is -2.08. The smallest absolute Gasteiger partial charge is 0.226 e. The molecule has 1 saturated carbocycles. The predicted octanol–water partition coefficient (Wildman–Crippen LogP) is 0.893. The minimum Gasteiger partial charge on any atom is -0.352 e. The van der Waals surface area contributed by atoms with Gasteiger partial charge < -0.3 is 15.1 Å². The Balaban J connectivity index is 1.46. The number of halogens is 1. The molecule has 1 aromatic carbocycles. The third-order valence-corrected chi connectivity index (χ3v) is 5.00. The topological polar surface area (TPSA) is 69.7 Å². The summed E-state index contributed by atoms with van der Waals surface area (Å²) in [5.74, 6) is -0.540. The summed E-state index contributed by atoms with van der Waals surface area (Å²) in [6.07, 6.45) is 1.41. The second kappa shape index (κ2) is 7.21. The fourth-order valence-corrected chi connectivity index (χ4v) is 3.20. The summed E-state index contributed by atoms with van der Waals surface area (Å²) in [6.45, 7) is 2.58. The van der Waals surface area contributed by atoms with Crippen molar-refractivity contribution in [1.29, 1.82) is 0 Å². The Labute approximate surface area is 145 Å². The second-order valence-corrected chi connectivity index (χ2v) is 6.63. The van der Waals surface area contributed by atoms with Crippen molar-refractivity contribution in [3.05, 3.63) is 34.9 Å². The van der Waals surface area contributed by atoms with Gasteiger partial charge in [0.05, 0.1) is 11.8 Å². The molecule has 0 bridgehead atoms. The molecule has 2 unspecified atom stereocenters. The Kier molecular flexibility index (Phi) is 5.04. The fraction of sp³-hybridized carbons (Fsp3) is 0.471. The van der Waals surface area contributed by atoms with Gasteiger partial charge in [0.25, 0.3) is 0 Å². The fourth-order valence-electron chi connectivity index (χ4n) is 3.00. The molecular formula is C17H20ClN3O3. The van der Waals surface area contributed by atoms with Crippen LogP contribution in [0.1, 0.15) is 12.0 Å². The highest BCUT2D eigenvalue weighted by atomic mass is 35.5. The summed E-state index contributed by atoms with van der Waals surface area (Å²) in [5, 5.41) is 3.48. The van der Waals surface area contributed by atoms with Gasteiger partial charge in [-0.05, 0) is 18.1 Å². The number of hydrogen-bond acceptors (Lipinski definition) is 3. The van der Waals surface area contributed by atoms with Crippen LogP contribution >= 0.6 is 11.6 Å². The van der Waals surface area contributed by atoms with E-state index >= 15 is 0 Å². The lowest BCUT2D eigenvalue weighted by atomic mass is 10.2. The van der Waals surface area contributed by atoms with Crippen LogP contribution in [0.3, 0.4) is 0 Å². The molecule has 24 heavy (non-hydrogen) atoms. The molecule has 7 heteroatoms. The summed E-state index contributed by atoms with van der Waals surface area (Å²) >= 11 is 6.07. The highest BCUT2D eigenvalue weighted by molar-refractivity contribution is 6.31. The van der Waals surface area contributed by atoms with Crippen LogP contribution in [0.15, 0.2) is 24.3 Å². The summed E-state index contributed by atoms with van der Waals surface area (Å²) in [6, 6.07) is 7.36. The van der Waals surface area contributed by atoms with Crippen LogP contribution in [0.2, 0.25) is 5.02 Å². The average Bonchev–Trinajstić information content (AvgIpc) is 3.41. The van der Waals surface area contributed by atoms with Gasteiger partial charge in [0.2, 0.25) is 18.2 Å². The first kappa shape index (κ1) is 16.8. The van der Waals surface area contributed by atoms with Crippen LogP contribution in [0, 0.1) is 11.8 Å². The molecule has 3 rings (SSSR count). The molecule has 128 valence electrons. The van der Waals surface area contributed by atoms with Gasteiger partial charge in [-0.15, -0.1) is 0 Å². The molecule has 1 N–H and O–H groups in total. The van der Waals surface area contributed by atoms with E-state index in [2.05, 4.69) is 5.32 Å². The van der Waals surface area contributed by atoms with Crippen LogP contribution in [0.25, 0.3) is 0 Å². The standard InChI is InChI=1S/C17H20ClN3O3/c18-15-4-2-1-3-12(15)10-19-16(23)13-9-14(13)17(24)21-7-5-20(11-22)6-8-21/h1-4,11,13-14H,5-10H2,(H,19,23). The zero-order valence-electron chi connectivity index (χ0n) is 13.3. The van der Waals surface area contributed by atoms with Gasteiger partial charge in [0.1, 0.15) is 0 Å². The van der Waals surface area contributed by atoms with Crippen molar-refractivity contribution in [3.8, 4) is 0 Å². The van der Waals surface area contributed by atoms with Crippen LogP contribution in [-0.4, -0.2) is 54.2 Å². The summed E-state index contributed by atoms with van der Waals surface area (Å²) < 4.78 is 0. The Bertz CT molecular complexity index is 644. The molecule has 1 aromatic rings. The summed E-state index contributed by atoms with van der Waals surface area (Å²) in [5.41, 5.74) is 0.862. The molecule has 1 aliphatic carbocycles. The first-order valence-electron chi connectivity index (χ1n) is 8.09. The number of piperazine rings is 1. The Morgan fingerprint density at radius 2 is 1.88 bits per heavy atom. The first-order valence-corrected chi connectivity index (χ1v) is 8.47. The largest absolute Gasteiger partial charge is 0.352 e. The maximum atomic E-state index is 12.4. The van der Waals surface area contributed by atoms with Gasteiger partial charge in [-0.1, -0.05) is 29.8 Å². The van der Waals surface area contributed by atoms with Crippen molar-refractivity contribution in [2.24, 2.45) is 11.8 Å². The molecule has 0 spiro atoms. The van der Waals surface area contributed by atoms with E-state index in [4.69, 9.17) is 11.6 Å². The SMILES string of the molecule is O=CN1CCN(C(=O)C2CC2C(=O)NCc2ccccc2Cl)CC1. The van der Waals surface area contributed by atoms with Gasteiger partial charge in [0.15, 0.2) is 0 Å². The Morgan fingerprint density at radius 3 is 2.54 bits per heavy atom. The van der Waals surface area contributed by atoms with Crippen molar-refractivity contribution in [2.45, 2.75) is 13.0 Å². The van der Waals surface area contributed by atoms with Crippen molar-refractivity contribution in [2.75, 3.05) is 26.2 Å². The van der Waals surface area contributed by atoms with Crippen molar-refractivity contribution in [1.82, 2.24) is 15.1 Å². The van der Waals surface area contributed by atoms with Crippen molar-refractivity contribution >= 4 is 29.8 Å². The highest BCUT2D eigenvalue weighted by Crippen LogP contribution is 2.40. The molecule has 6 nitrogen and oxygen atoms in total. The first-order chi connectivity index (χ1) is 11.6. The zero-order chi connectivity index (χ0) is 17.1. The van der Waals surface area contributed by atoms with Gasteiger partial charge in [-0.2, -0.15) is 0 Å². The number of rotatable bonds is 5. The normalized spacial score (nSPS) is 22.9. The third kappa shape index (κ3) is 3.70. The maximum absolute atomic E-state index is 12.4. The Morgan fingerprint density at radius 1 is 1.17 bits per heavy atom. The maximum Gasteiger partial charge on any atom is 0.226 e. The van der Waals surface area contributed by atoms with Gasteiger partial charge in [-0.3, -0.25) is 14.4 Å². The van der Waals surface area contributed by atoms with Gasteiger partial charge in [-0.25, -0.2) is 0 Å². The lowest BCUT2D eigenvalue weighted by Crippen LogP contribution is -2.48. The number of benzene rings is 1. The van der Waals surface area contributed by atoms with E-state index in [-0.39, 0.29) is 23.7 Å². The molecule has 1 saturated heterocycles. The van der Waals surface area contributed by atoms with Gasteiger partial charge in [0, 0.05) is 37.7 Å². The molecule has 1 heterocycles. The van der Waals surface area contributed by atoms with E-state index in [0.29, 0.717) is 44.2 Å². The zero-order valence-corrected chi connectivity index (χ0v) is 14.0. The predicted molar refractivity (Wildman–Crippen MR) is 89.1 cm³/mol. The lowest BCUT2D eigenvalue weighted by Gasteiger charge is -2.32. The van der Waals surface area contributed by atoms with Crippen molar-refractivity contribution in [3.63, 3.8) is 0 Å². The van der Waals surface area contributed by atoms with Gasteiger partial charge >= 0.3 is 0 Å². The monoisotopic (exact) mass is 349 g/mol. The summed E-state index contributed by atoms with van der Waals surface area (Å²) in [4.78, 5) is 38.7. The molecule has 1 aliphatic heterocycles. The molecule has 2 fully saturated rings. The van der Waals surface area contributed by atoms with E-state index in [1.165, 1.54) is 0 Å². The number of amides is 3. The molecular weight excluding hydrogens is 330 g/mol. The van der Waals surface area contributed by atoms with E-state index < -0.39 is 0 Å². The number of hydrogen-bond donors (Lipinski definition) is 1. The molecule has 2 aliphatic rings. The van der Waals surface area contributed by atoms with E-state index in [0.717, 1.165) is 12.0 Å². The second-order valence-electron chi connectivity index (χ2n) is 6.22. The number of nitrogens with zero attached hydrogens (tertiary/aromatic N) is 2. The average molecular weight is 350 g/mol. The highest BCUT2D eigenvalue weighted by Gasteiger charge is 2.49. The number of nitrogens with one attached hydrogen (secondary N) is 1. The van der Waals surface area contributed by atoms with Crippen molar-refractivity contribution < 1.29 is 14.4 Å². The minimum atomic E-state index is -0.246. The number of carbonyl (C=O) groups excluding carboxylic acids is 3. The van der Waals surface area contributed by atoms with Crippen LogP contribution in [0.5, 0.6) is 0 Å². The molecule has 3 amide bonds. The van der Waals surface area contributed by atoms with E-state index in [1.54, 1.807) is 15.9 Å². The lowest BCUT2D eigenvalue weighted by molar-refractivity contribution is -0.137. The summed E-state index contributed by atoms with van der Waals surface area (Å²) in [7, 11) is 0.